The average molecular weight is 259 g/mol. The number of nitrogens with zero attached hydrogens (tertiary/aromatic N) is 3. The lowest BCUT2D eigenvalue weighted by molar-refractivity contribution is 0.174. The molecule has 1 atom stereocenters. The highest BCUT2D eigenvalue weighted by Gasteiger charge is 2.14. The Morgan fingerprint density at radius 2 is 2.28 bits per heavy atom. The van der Waals surface area contributed by atoms with E-state index in [9.17, 15) is 5.11 Å². The van der Waals surface area contributed by atoms with Crippen LogP contribution < -0.4 is 0 Å². The number of hydrogen-bond acceptors (Lipinski definition) is 4. The van der Waals surface area contributed by atoms with Gasteiger partial charge in [0.2, 0.25) is 0 Å². The molecule has 3 aromatic rings. The van der Waals surface area contributed by atoms with Crippen LogP contribution in [-0.4, -0.2) is 19.5 Å². The fraction of sp³-hybridized carbons (Fsp3) is 0.231. The third-order valence-electron chi connectivity index (χ3n) is 2.76. The van der Waals surface area contributed by atoms with Gasteiger partial charge in [-0.15, -0.1) is 11.3 Å². The van der Waals surface area contributed by atoms with Crippen molar-refractivity contribution in [3.63, 3.8) is 0 Å². The molecule has 0 aliphatic carbocycles. The molecular weight excluding hydrogens is 246 g/mol. The number of aromatic nitrogens is 3. The van der Waals surface area contributed by atoms with E-state index in [4.69, 9.17) is 0 Å². The molecule has 0 spiro atoms. The molecule has 0 bridgehead atoms. The third kappa shape index (κ3) is 2.14. The first-order chi connectivity index (χ1) is 8.72. The van der Waals surface area contributed by atoms with Gasteiger partial charge < -0.3 is 9.51 Å². The summed E-state index contributed by atoms with van der Waals surface area (Å²) < 4.78 is 1.91. The van der Waals surface area contributed by atoms with Gasteiger partial charge in [-0.1, -0.05) is 6.07 Å². The highest BCUT2D eigenvalue weighted by molar-refractivity contribution is 7.09. The summed E-state index contributed by atoms with van der Waals surface area (Å²) in [4.78, 5) is 8.76. The lowest BCUT2D eigenvalue weighted by Gasteiger charge is -2.04. The summed E-state index contributed by atoms with van der Waals surface area (Å²) in [5, 5.41) is 13.1. The zero-order valence-electron chi connectivity index (χ0n) is 9.95. The molecule has 0 aromatic carbocycles. The van der Waals surface area contributed by atoms with E-state index in [0.29, 0.717) is 12.1 Å². The monoisotopic (exact) mass is 259 g/mol. The van der Waals surface area contributed by atoms with E-state index in [1.165, 1.54) is 0 Å². The Balaban J connectivity index is 1.85. The van der Waals surface area contributed by atoms with E-state index >= 15 is 0 Å². The summed E-state index contributed by atoms with van der Waals surface area (Å²) in [6, 6.07) is 5.79. The van der Waals surface area contributed by atoms with Gasteiger partial charge in [0.15, 0.2) is 0 Å². The Morgan fingerprint density at radius 1 is 1.39 bits per heavy atom. The van der Waals surface area contributed by atoms with E-state index in [1.807, 2.05) is 47.3 Å². The standard InChI is InChI=1S/C13H13N3OS/c1-9-8-18-13(14-9)6-11(17)10-7-16-5-3-2-4-12(16)15-10/h2-5,7-8,11,17H,6H2,1H3. The summed E-state index contributed by atoms with van der Waals surface area (Å²) in [5.41, 5.74) is 2.54. The fourth-order valence-corrected chi connectivity index (χ4v) is 2.69. The predicted molar refractivity (Wildman–Crippen MR) is 70.7 cm³/mol. The van der Waals surface area contributed by atoms with E-state index in [-0.39, 0.29) is 0 Å². The van der Waals surface area contributed by atoms with Gasteiger partial charge >= 0.3 is 0 Å². The van der Waals surface area contributed by atoms with Crippen LogP contribution in [0.2, 0.25) is 0 Å². The number of pyridine rings is 1. The van der Waals surface area contributed by atoms with Crippen LogP contribution in [0, 0.1) is 6.92 Å². The summed E-state index contributed by atoms with van der Waals surface area (Å²) in [5.74, 6) is 0. The van der Waals surface area contributed by atoms with E-state index in [1.54, 1.807) is 11.3 Å². The molecule has 3 heterocycles. The smallest absolute Gasteiger partial charge is 0.137 e. The summed E-state index contributed by atoms with van der Waals surface area (Å²) in [7, 11) is 0. The van der Waals surface area contributed by atoms with Gasteiger partial charge in [0.1, 0.15) is 11.8 Å². The van der Waals surface area contributed by atoms with E-state index in [0.717, 1.165) is 16.3 Å². The van der Waals surface area contributed by atoms with Crippen LogP contribution in [0.5, 0.6) is 0 Å². The maximum absolute atomic E-state index is 10.2. The van der Waals surface area contributed by atoms with Crippen molar-refractivity contribution in [2.45, 2.75) is 19.4 Å². The molecule has 1 unspecified atom stereocenters. The minimum Gasteiger partial charge on any atom is -0.386 e. The minimum absolute atomic E-state index is 0.516. The first-order valence-electron chi connectivity index (χ1n) is 5.75. The van der Waals surface area contributed by atoms with Gasteiger partial charge in [0.25, 0.3) is 0 Å². The lowest BCUT2D eigenvalue weighted by atomic mass is 10.2. The number of aliphatic hydroxyl groups excluding tert-OH is 1. The Hall–Kier alpha value is -1.72. The first kappa shape index (κ1) is 11.4. The highest BCUT2D eigenvalue weighted by atomic mass is 32.1. The molecule has 0 saturated heterocycles. The Kier molecular flexibility index (Phi) is 2.85. The number of thiazole rings is 1. The molecule has 4 nitrogen and oxygen atoms in total. The van der Waals surface area contributed by atoms with Crippen molar-refractivity contribution in [2.75, 3.05) is 0 Å². The van der Waals surface area contributed by atoms with Crippen LogP contribution in [0.25, 0.3) is 5.65 Å². The average Bonchev–Trinajstić information content (AvgIpc) is 2.95. The van der Waals surface area contributed by atoms with Gasteiger partial charge in [-0.05, 0) is 19.1 Å². The van der Waals surface area contributed by atoms with Crippen molar-refractivity contribution < 1.29 is 5.11 Å². The highest BCUT2D eigenvalue weighted by Crippen LogP contribution is 2.20. The second-order valence-corrected chi connectivity index (χ2v) is 5.18. The largest absolute Gasteiger partial charge is 0.386 e. The van der Waals surface area contributed by atoms with Crippen molar-refractivity contribution in [1.29, 1.82) is 0 Å². The number of hydrogen-bond donors (Lipinski definition) is 1. The quantitative estimate of drug-likeness (QED) is 0.785. The van der Waals surface area contributed by atoms with Crippen molar-refractivity contribution in [3.8, 4) is 0 Å². The maximum atomic E-state index is 10.2. The molecule has 3 rings (SSSR count). The van der Waals surface area contributed by atoms with Crippen LogP contribution in [0.15, 0.2) is 36.0 Å². The lowest BCUT2D eigenvalue weighted by Crippen LogP contribution is -2.01. The minimum atomic E-state index is -0.601. The number of fused-ring (bicyclic) bond motifs is 1. The molecular formula is C13H13N3OS. The van der Waals surface area contributed by atoms with Crippen molar-refractivity contribution in [3.05, 3.63) is 52.4 Å². The molecule has 0 aliphatic heterocycles. The fourth-order valence-electron chi connectivity index (χ4n) is 1.88. The topological polar surface area (TPSA) is 50.4 Å². The van der Waals surface area contributed by atoms with Crippen LogP contribution in [0.4, 0.5) is 0 Å². The summed E-state index contributed by atoms with van der Waals surface area (Å²) in [6.45, 7) is 1.96. The molecule has 0 fully saturated rings. The predicted octanol–water partition coefficient (Wildman–Crippen LogP) is 2.38. The van der Waals surface area contributed by atoms with Gasteiger partial charge in [0, 0.05) is 29.9 Å². The summed E-state index contributed by atoms with van der Waals surface area (Å²) >= 11 is 1.57. The van der Waals surface area contributed by atoms with Gasteiger partial charge in [-0.25, -0.2) is 9.97 Å². The second kappa shape index (κ2) is 4.51. The Bertz CT molecular complexity index is 640. The molecule has 92 valence electrons. The summed E-state index contributed by atoms with van der Waals surface area (Å²) in [6.07, 6.45) is 3.70. The van der Waals surface area contributed by atoms with Crippen LogP contribution in [0.3, 0.4) is 0 Å². The van der Waals surface area contributed by atoms with Crippen LogP contribution in [-0.2, 0) is 6.42 Å². The molecule has 3 aromatic heterocycles. The molecule has 0 amide bonds. The molecule has 5 heteroatoms. The zero-order valence-corrected chi connectivity index (χ0v) is 10.8. The van der Waals surface area contributed by atoms with Crippen LogP contribution >= 0.6 is 11.3 Å². The molecule has 0 radical (unpaired) electrons. The number of aryl methyl sites for hydroxylation is 1. The maximum Gasteiger partial charge on any atom is 0.137 e. The van der Waals surface area contributed by atoms with Crippen molar-refractivity contribution in [2.24, 2.45) is 0 Å². The van der Waals surface area contributed by atoms with Gasteiger partial charge in [-0.2, -0.15) is 0 Å². The zero-order chi connectivity index (χ0) is 12.5. The number of aliphatic hydroxyl groups is 1. The van der Waals surface area contributed by atoms with E-state index < -0.39 is 6.10 Å². The van der Waals surface area contributed by atoms with Gasteiger partial charge in [-0.3, -0.25) is 0 Å². The van der Waals surface area contributed by atoms with Crippen LogP contribution in [0.1, 0.15) is 22.5 Å². The third-order valence-corrected chi connectivity index (χ3v) is 3.75. The molecule has 0 saturated carbocycles. The van der Waals surface area contributed by atoms with Crippen molar-refractivity contribution >= 4 is 17.0 Å². The molecule has 18 heavy (non-hydrogen) atoms. The SMILES string of the molecule is Cc1csc(CC(O)c2cn3ccccc3n2)n1. The van der Waals surface area contributed by atoms with Crippen molar-refractivity contribution in [1.82, 2.24) is 14.4 Å². The molecule has 0 aliphatic rings. The number of imidazole rings is 1. The van der Waals surface area contributed by atoms with E-state index in [2.05, 4.69) is 9.97 Å². The normalized spacial score (nSPS) is 13.0. The Morgan fingerprint density at radius 3 is 3.00 bits per heavy atom. The Labute approximate surface area is 109 Å². The number of rotatable bonds is 3. The second-order valence-electron chi connectivity index (χ2n) is 4.23. The molecule has 1 N–H and O–H groups in total. The first-order valence-corrected chi connectivity index (χ1v) is 6.63. The van der Waals surface area contributed by atoms with Gasteiger partial charge in [0.05, 0.1) is 10.7 Å².